The Morgan fingerprint density at radius 1 is 1.27 bits per heavy atom. The van der Waals surface area contributed by atoms with Gasteiger partial charge in [0.05, 0.1) is 12.2 Å². The monoisotopic (exact) mass is 220 g/mol. The van der Waals surface area contributed by atoms with Gasteiger partial charge in [0, 0.05) is 0 Å². The summed E-state index contributed by atoms with van der Waals surface area (Å²) >= 11 is 0. The minimum absolute atomic E-state index is 0.192. The number of halogens is 4. The lowest BCUT2D eigenvalue weighted by Crippen LogP contribution is -2.08. The Kier molecular flexibility index (Phi) is 3.47. The van der Waals surface area contributed by atoms with Crippen LogP contribution in [0.25, 0.3) is 6.08 Å². The summed E-state index contributed by atoms with van der Waals surface area (Å²) < 4.78 is 49.5. The molecule has 1 rings (SSSR count). The maximum atomic E-state index is 12.8. The van der Waals surface area contributed by atoms with Crippen LogP contribution in [-0.4, -0.2) is 11.7 Å². The minimum atomic E-state index is -4.70. The zero-order valence-electron chi connectivity index (χ0n) is 7.55. The van der Waals surface area contributed by atoms with Crippen molar-refractivity contribution in [2.75, 3.05) is 6.61 Å². The summed E-state index contributed by atoms with van der Waals surface area (Å²) in [7, 11) is 0. The summed E-state index contributed by atoms with van der Waals surface area (Å²) in [5.41, 5.74) is -1.11. The fourth-order valence-electron chi connectivity index (χ4n) is 1.05. The van der Waals surface area contributed by atoms with Crippen LogP contribution in [0.2, 0.25) is 0 Å². The highest BCUT2D eigenvalue weighted by atomic mass is 19.4. The van der Waals surface area contributed by atoms with Crippen LogP contribution in [0, 0.1) is 5.82 Å². The number of aliphatic hydroxyl groups excluding tert-OH is 1. The molecule has 1 N–H and O–H groups in total. The molecule has 0 bridgehead atoms. The maximum absolute atomic E-state index is 12.8. The van der Waals surface area contributed by atoms with Gasteiger partial charge in [-0.25, -0.2) is 4.39 Å². The molecule has 0 spiro atoms. The van der Waals surface area contributed by atoms with Gasteiger partial charge >= 0.3 is 6.18 Å². The Morgan fingerprint density at radius 3 is 2.47 bits per heavy atom. The topological polar surface area (TPSA) is 20.2 Å². The number of hydrogen-bond donors (Lipinski definition) is 1. The molecule has 0 aromatic heterocycles. The predicted octanol–water partition coefficient (Wildman–Crippen LogP) is 2.85. The zero-order chi connectivity index (χ0) is 11.5. The molecule has 1 nitrogen and oxygen atoms in total. The Bertz CT molecular complexity index is 368. The Balaban J connectivity index is 3.11. The first-order valence-corrected chi connectivity index (χ1v) is 4.09. The highest BCUT2D eigenvalue weighted by molar-refractivity contribution is 5.51. The second-order valence-electron chi connectivity index (χ2n) is 2.82. The van der Waals surface area contributed by atoms with Crippen LogP contribution in [0.1, 0.15) is 11.1 Å². The number of alkyl halides is 3. The summed E-state index contributed by atoms with van der Waals surface area (Å²) in [6.07, 6.45) is -2.14. The lowest BCUT2D eigenvalue weighted by Gasteiger charge is -2.08. The van der Waals surface area contributed by atoms with Crippen molar-refractivity contribution >= 4 is 6.08 Å². The first-order chi connectivity index (χ1) is 6.95. The van der Waals surface area contributed by atoms with Crippen molar-refractivity contribution in [3.05, 3.63) is 41.2 Å². The third-order valence-corrected chi connectivity index (χ3v) is 1.71. The van der Waals surface area contributed by atoms with Crippen LogP contribution in [0.5, 0.6) is 0 Å². The van der Waals surface area contributed by atoms with E-state index in [4.69, 9.17) is 5.11 Å². The normalized spacial score (nSPS) is 12.3. The van der Waals surface area contributed by atoms with E-state index in [9.17, 15) is 17.6 Å². The van der Waals surface area contributed by atoms with Gasteiger partial charge < -0.3 is 5.11 Å². The van der Waals surface area contributed by atoms with Crippen molar-refractivity contribution in [3.8, 4) is 0 Å². The Hall–Kier alpha value is -1.36. The van der Waals surface area contributed by atoms with E-state index in [1.54, 1.807) is 0 Å². The van der Waals surface area contributed by atoms with E-state index < -0.39 is 17.6 Å². The molecule has 0 amide bonds. The molecule has 0 saturated carbocycles. The summed E-state index contributed by atoms with van der Waals surface area (Å²) in [6.45, 7) is -0.279. The highest BCUT2D eigenvalue weighted by Crippen LogP contribution is 2.32. The molecule has 15 heavy (non-hydrogen) atoms. The van der Waals surface area contributed by atoms with Gasteiger partial charge in [-0.1, -0.05) is 18.2 Å². The molecule has 1 aromatic carbocycles. The first kappa shape index (κ1) is 11.7. The average Bonchev–Trinajstić information content (AvgIpc) is 2.15. The molecule has 0 atom stereocenters. The summed E-state index contributed by atoms with van der Waals surface area (Å²) in [5.74, 6) is -1.30. The van der Waals surface area contributed by atoms with Gasteiger partial charge in [0.15, 0.2) is 0 Å². The van der Waals surface area contributed by atoms with Gasteiger partial charge in [-0.05, 0) is 17.7 Å². The number of rotatable bonds is 2. The van der Waals surface area contributed by atoms with E-state index in [-0.39, 0.29) is 12.2 Å². The van der Waals surface area contributed by atoms with Gasteiger partial charge in [-0.3, -0.25) is 0 Å². The van der Waals surface area contributed by atoms with E-state index >= 15 is 0 Å². The molecule has 0 aliphatic heterocycles. The molecular weight excluding hydrogens is 212 g/mol. The molecular formula is C10H8F4O. The molecule has 82 valence electrons. The fraction of sp³-hybridized carbons (Fsp3) is 0.200. The van der Waals surface area contributed by atoms with E-state index in [0.29, 0.717) is 6.07 Å². The molecule has 0 heterocycles. The van der Waals surface area contributed by atoms with Gasteiger partial charge in [-0.2, -0.15) is 13.2 Å². The van der Waals surface area contributed by atoms with E-state index in [1.807, 2.05) is 0 Å². The molecule has 0 radical (unpaired) electrons. The first-order valence-electron chi connectivity index (χ1n) is 4.09. The van der Waals surface area contributed by atoms with Crippen molar-refractivity contribution in [2.24, 2.45) is 0 Å². The van der Waals surface area contributed by atoms with E-state index in [0.717, 1.165) is 6.07 Å². The van der Waals surface area contributed by atoms with E-state index in [2.05, 4.69) is 0 Å². The molecule has 0 fully saturated rings. The van der Waals surface area contributed by atoms with Crippen LogP contribution < -0.4 is 0 Å². The van der Waals surface area contributed by atoms with Gasteiger partial charge in [0.25, 0.3) is 0 Å². The van der Waals surface area contributed by atoms with Crippen molar-refractivity contribution in [1.29, 1.82) is 0 Å². The number of hydrogen-bond acceptors (Lipinski definition) is 1. The van der Waals surface area contributed by atoms with Gasteiger partial charge in [0.1, 0.15) is 5.82 Å². The Labute approximate surface area is 83.7 Å². The van der Waals surface area contributed by atoms with Gasteiger partial charge in [0.2, 0.25) is 0 Å². The quantitative estimate of drug-likeness (QED) is 0.760. The lowest BCUT2D eigenvalue weighted by molar-refractivity contribution is -0.140. The Morgan fingerprint density at radius 2 is 1.93 bits per heavy atom. The van der Waals surface area contributed by atoms with Crippen molar-refractivity contribution in [1.82, 2.24) is 0 Å². The lowest BCUT2D eigenvalue weighted by atomic mass is 10.1. The third-order valence-electron chi connectivity index (χ3n) is 1.71. The molecule has 1 aromatic rings. The smallest absolute Gasteiger partial charge is 0.392 e. The standard InChI is InChI=1S/C10H8F4O/c11-9-4-3-7(2-1-5-15)6-8(9)10(12,13)14/h1-4,6,15H,5H2. The number of aliphatic hydroxyl groups is 1. The third kappa shape index (κ3) is 3.06. The largest absolute Gasteiger partial charge is 0.419 e. The predicted molar refractivity (Wildman–Crippen MR) is 47.5 cm³/mol. The summed E-state index contributed by atoms with van der Waals surface area (Å²) in [5, 5.41) is 8.43. The van der Waals surface area contributed by atoms with Crippen LogP contribution in [0.4, 0.5) is 17.6 Å². The molecule has 0 aliphatic carbocycles. The fourth-order valence-corrected chi connectivity index (χ4v) is 1.05. The van der Waals surface area contributed by atoms with Crippen LogP contribution in [0.3, 0.4) is 0 Å². The molecule has 0 saturated heterocycles. The molecule has 0 aliphatic rings. The summed E-state index contributed by atoms with van der Waals surface area (Å²) in [6, 6.07) is 2.65. The van der Waals surface area contributed by atoms with Gasteiger partial charge in [-0.15, -0.1) is 0 Å². The second kappa shape index (κ2) is 4.44. The maximum Gasteiger partial charge on any atom is 0.419 e. The van der Waals surface area contributed by atoms with Crippen LogP contribution >= 0.6 is 0 Å². The highest BCUT2D eigenvalue weighted by Gasteiger charge is 2.33. The molecule has 5 heteroatoms. The van der Waals surface area contributed by atoms with Crippen LogP contribution in [-0.2, 0) is 6.18 Å². The SMILES string of the molecule is OCC=Cc1ccc(F)c(C(F)(F)F)c1. The zero-order valence-corrected chi connectivity index (χ0v) is 7.55. The minimum Gasteiger partial charge on any atom is -0.392 e. The van der Waals surface area contributed by atoms with Crippen LogP contribution in [0.15, 0.2) is 24.3 Å². The second-order valence-corrected chi connectivity index (χ2v) is 2.82. The molecule has 0 unspecified atom stereocenters. The van der Waals surface area contributed by atoms with Crippen molar-refractivity contribution < 1.29 is 22.7 Å². The number of benzene rings is 1. The van der Waals surface area contributed by atoms with Crippen molar-refractivity contribution in [3.63, 3.8) is 0 Å². The van der Waals surface area contributed by atoms with Crippen molar-refractivity contribution in [2.45, 2.75) is 6.18 Å². The summed E-state index contributed by atoms with van der Waals surface area (Å²) in [4.78, 5) is 0. The average molecular weight is 220 g/mol. The van der Waals surface area contributed by atoms with E-state index in [1.165, 1.54) is 18.2 Å².